The molecule has 0 aromatic rings. The minimum absolute atomic E-state index is 0.235. The zero-order valence-electron chi connectivity index (χ0n) is 9.02. The Morgan fingerprint density at radius 2 is 2.27 bits per heavy atom. The third-order valence-electron chi connectivity index (χ3n) is 3.42. The molecule has 0 aromatic heterocycles. The number of hydrogen-bond donors (Lipinski definition) is 1. The average molecular weight is 202 g/mol. The normalized spacial score (nSPS) is 30.5. The summed E-state index contributed by atoms with van der Waals surface area (Å²) in [5.41, 5.74) is 2.56. The fraction of sp³-hybridized carbons (Fsp3) is 0.429. The van der Waals surface area contributed by atoms with E-state index in [2.05, 4.69) is 37.0 Å². The van der Waals surface area contributed by atoms with Crippen molar-refractivity contribution in [2.75, 3.05) is 6.61 Å². The van der Waals surface area contributed by atoms with Crippen molar-refractivity contribution in [1.29, 1.82) is 0 Å². The van der Waals surface area contributed by atoms with E-state index in [-0.39, 0.29) is 12.5 Å². The smallest absolute Gasteiger partial charge is 0.0502 e. The van der Waals surface area contributed by atoms with Crippen LogP contribution in [0, 0.1) is 11.8 Å². The first-order valence-corrected chi connectivity index (χ1v) is 5.64. The van der Waals surface area contributed by atoms with Gasteiger partial charge in [-0.25, -0.2) is 0 Å². The Bertz CT molecular complexity index is 333. The van der Waals surface area contributed by atoms with Gasteiger partial charge in [0.1, 0.15) is 0 Å². The SMILES string of the molecule is C=C1CC[C@H](C2=CC=CCC=C2)[C@@H]1CO. The molecular weight excluding hydrogens is 184 g/mol. The highest BCUT2D eigenvalue weighted by Crippen LogP contribution is 2.40. The Morgan fingerprint density at radius 1 is 1.40 bits per heavy atom. The first-order chi connectivity index (χ1) is 7.33. The van der Waals surface area contributed by atoms with E-state index in [9.17, 15) is 5.11 Å². The lowest BCUT2D eigenvalue weighted by molar-refractivity contribution is 0.228. The first kappa shape index (κ1) is 10.4. The Kier molecular flexibility index (Phi) is 3.22. The van der Waals surface area contributed by atoms with Crippen LogP contribution in [0.25, 0.3) is 0 Å². The summed E-state index contributed by atoms with van der Waals surface area (Å²) in [7, 11) is 0. The van der Waals surface area contributed by atoms with Gasteiger partial charge < -0.3 is 5.11 Å². The molecule has 2 aliphatic rings. The van der Waals surface area contributed by atoms with Gasteiger partial charge >= 0.3 is 0 Å². The summed E-state index contributed by atoms with van der Waals surface area (Å²) in [6, 6.07) is 0. The summed E-state index contributed by atoms with van der Waals surface area (Å²) < 4.78 is 0. The minimum atomic E-state index is 0.235. The summed E-state index contributed by atoms with van der Waals surface area (Å²) >= 11 is 0. The zero-order chi connectivity index (χ0) is 10.7. The van der Waals surface area contributed by atoms with Crippen molar-refractivity contribution < 1.29 is 5.11 Å². The Morgan fingerprint density at radius 3 is 3.07 bits per heavy atom. The fourth-order valence-corrected chi connectivity index (χ4v) is 2.51. The molecule has 2 rings (SSSR count). The van der Waals surface area contributed by atoms with E-state index in [0.717, 1.165) is 19.3 Å². The van der Waals surface area contributed by atoms with E-state index in [4.69, 9.17) is 0 Å². The molecule has 0 unspecified atom stereocenters. The number of allylic oxidation sites excluding steroid dienone is 6. The molecule has 0 heterocycles. The quantitative estimate of drug-likeness (QED) is 0.682. The van der Waals surface area contributed by atoms with E-state index in [1.165, 1.54) is 11.1 Å². The van der Waals surface area contributed by atoms with Gasteiger partial charge in [-0.15, -0.1) is 0 Å². The van der Waals surface area contributed by atoms with Crippen LogP contribution in [0.1, 0.15) is 19.3 Å². The molecular formula is C14H18O. The molecule has 1 saturated carbocycles. The molecule has 1 N–H and O–H groups in total. The monoisotopic (exact) mass is 202 g/mol. The maximum absolute atomic E-state index is 9.38. The van der Waals surface area contributed by atoms with Crippen molar-refractivity contribution in [3.63, 3.8) is 0 Å². The predicted octanol–water partition coefficient (Wildman–Crippen LogP) is 3.00. The van der Waals surface area contributed by atoms with Crippen LogP contribution in [0.15, 0.2) is 48.1 Å². The molecule has 0 bridgehead atoms. The van der Waals surface area contributed by atoms with Gasteiger partial charge in [-0.05, 0) is 30.8 Å². The maximum Gasteiger partial charge on any atom is 0.0502 e. The lowest BCUT2D eigenvalue weighted by Crippen LogP contribution is -2.14. The second kappa shape index (κ2) is 4.63. The van der Waals surface area contributed by atoms with Gasteiger partial charge in [-0.1, -0.05) is 42.5 Å². The largest absolute Gasteiger partial charge is 0.396 e. The molecule has 15 heavy (non-hydrogen) atoms. The number of rotatable bonds is 2. The van der Waals surface area contributed by atoms with Crippen LogP contribution >= 0.6 is 0 Å². The summed E-state index contributed by atoms with van der Waals surface area (Å²) in [6.07, 6.45) is 14.0. The van der Waals surface area contributed by atoms with Crippen molar-refractivity contribution >= 4 is 0 Å². The molecule has 0 radical (unpaired) electrons. The van der Waals surface area contributed by atoms with Crippen molar-refractivity contribution in [2.45, 2.75) is 19.3 Å². The molecule has 1 heteroatoms. The highest BCUT2D eigenvalue weighted by atomic mass is 16.3. The van der Waals surface area contributed by atoms with E-state index >= 15 is 0 Å². The summed E-state index contributed by atoms with van der Waals surface area (Å²) in [5, 5.41) is 9.38. The van der Waals surface area contributed by atoms with Crippen LogP contribution < -0.4 is 0 Å². The lowest BCUT2D eigenvalue weighted by Gasteiger charge is -2.19. The van der Waals surface area contributed by atoms with Crippen molar-refractivity contribution in [3.05, 3.63) is 48.1 Å². The topological polar surface area (TPSA) is 20.2 Å². The molecule has 80 valence electrons. The number of aliphatic hydroxyl groups is 1. The molecule has 2 atom stereocenters. The number of hydrogen-bond acceptors (Lipinski definition) is 1. The van der Waals surface area contributed by atoms with E-state index in [1.807, 2.05) is 0 Å². The van der Waals surface area contributed by atoms with Gasteiger partial charge in [0.2, 0.25) is 0 Å². The minimum Gasteiger partial charge on any atom is -0.396 e. The molecule has 0 spiro atoms. The van der Waals surface area contributed by atoms with Gasteiger partial charge in [0.05, 0.1) is 6.61 Å². The molecule has 0 amide bonds. The second-order valence-electron chi connectivity index (χ2n) is 4.33. The third kappa shape index (κ3) is 2.13. The van der Waals surface area contributed by atoms with Crippen LogP contribution in [0.3, 0.4) is 0 Å². The molecule has 0 aliphatic heterocycles. The van der Waals surface area contributed by atoms with Gasteiger partial charge in [-0.3, -0.25) is 0 Å². The van der Waals surface area contributed by atoms with Gasteiger partial charge in [0.15, 0.2) is 0 Å². The standard InChI is InChI=1S/C14H18O/c1-11-8-9-13(14(11)10-15)12-6-4-2-3-5-7-12/h2,4-7,13-15H,1,3,8-10H2/t13-,14-/m1/s1. The molecule has 0 aromatic carbocycles. The molecule has 2 aliphatic carbocycles. The molecule has 1 fully saturated rings. The predicted molar refractivity (Wildman–Crippen MR) is 63.4 cm³/mol. The van der Waals surface area contributed by atoms with Crippen LogP contribution in [0.4, 0.5) is 0 Å². The third-order valence-corrected chi connectivity index (χ3v) is 3.42. The van der Waals surface area contributed by atoms with Crippen LogP contribution in [-0.2, 0) is 0 Å². The first-order valence-electron chi connectivity index (χ1n) is 5.64. The number of aliphatic hydroxyl groups excluding tert-OH is 1. The van der Waals surface area contributed by atoms with Crippen LogP contribution in [-0.4, -0.2) is 11.7 Å². The van der Waals surface area contributed by atoms with Crippen molar-refractivity contribution in [3.8, 4) is 0 Å². The lowest BCUT2D eigenvalue weighted by atomic mass is 9.87. The van der Waals surface area contributed by atoms with E-state index < -0.39 is 0 Å². The Labute approximate surface area is 91.5 Å². The van der Waals surface area contributed by atoms with Crippen molar-refractivity contribution in [1.82, 2.24) is 0 Å². The maximum atomic E-state index is 9.38. The van der Waals surface area contributed by atoms with Crippen LogP contribution in [0.2, 0.25) is 0 Å². The zero-order valence-corrected chi connectivity index (χ0v) is 9.02. The highest BCUT2D eigenvalue weighted by Gasteiger charge is 2.31. The highest BCUT2D eigenvalue weighted by molar-refractivity contribution is 5.33. The Hall–Kier alpha value is -1.08. The van der Waals surface area contributed by atoms with E-state index in [1.54, 1.807) is 0 Å². The van der Waals surface area contributed by atoms with Gasteiger partial charge in [-0.2, -0.15) is 0 Å². The summed E-state index contributed by atoms with van der Waals surface area (Å²) in [5.74, 6) is 0.744. The average Bonchev–Trinajstić information content (AvgIpc) is 2.48. The second-order valence-corrected chi connectivity index (χ2v) is 4.33. The summed E-state index contributed by atoms with van der Waals surface area (Å²) in [6.45, 7) is 4.28. The molecule has 1 nitrogen and oxygen atoms in total. The van der Waals surface area contributed by atoms with Crippen LogP contribution in [0.5, 0.6) is 0 Å². The van der Waals surface area contributed by atoms with E-state index in [0.29, 0.717) is 5.92 Å². The Balaban J connectivity index is 2.19. The van der Waals surface area contributed by atoms with Gasteiger partial charge in [0.25, 0.3) is 0 Å². The van der Waals surface area contributed by atoms with Crippen molar-refractivity contribution in [2.24, 2.45) is 11.8 Å². The van der Waals surface area contributed by atoms with Gasteiger partial charge in [0, 0.05) is 5.92 Å². The summed E-state index contributed by atoms with van der Waals surface area (Å²) in [4.78, 5) is 0. The molecule has 0 saturated heterocycles. The fourth-order valence-electron chi connectivity index (χ4n) is 2.51.